The van der Waals surface area contributed by atoms with Gasteiger partial charge in [-0.1, -0.05) is 6.92 Å². The van der Waals surface area contributed by atoms with Gasteiger partial charge in [-0.15, -0.1) is 0 Å². The van der Waals surface area contributed by atoms with Gasteiger partial charge >= 0.3 is 0 Å². The van der Waals surface area contributed by atoms with Crippen LogP contribution in [0.25, 0.3) is 0 Å². The lowest BCUT2D eigenvalue weighted by Gasteiger charge is -2.24. The molecular formula is C11H19FN4O. The monoisotopic (exact) mass is 242 g/mol. The molecule has 6 heteroatoms. The summed E-state index contributed by atoms with van der Waals surface area (Å²) in [5.41, 5.74) is 0. The summed E-state index contributed by atoms with van der Waals surface area (Å²) in [6.45, 7) is 4.50. The molecule has 0 fully saturated rings. The fourth-order valence-electron chi connectivity index (χ4n) is 1.26. The molecule has 0 aromatic carbocycles. The largest absolute Gasteiger partial charge is 0.394 e. The first-order valence-electron chi connectivity index (χ1n) is 5.70. The summed E-state index contributed by atoms with van der Waals surface area (Å²) in [6, 6.07) is -0.196. The van der Waals surface area contributed by atoms with Crippen molar-refractivity contribution in [1.82, 2.24) is 9.97 Å². The van der Waals surface area contributed by atoms with Crippen LogP contribution in [0.3, 0.4) is 0 Å². The van der Waals surface area contributed by atoms with E-state index in [1.54, 1.807) is 18.9 Å². The van der Waals surface area contributed by atoms with E-state index in [0.717, 1.165) is 19.2 Å². The summed E-state index contributed by atoms with van der Waals surface area (Å²) >= 11 is 0. The van der Waals surface area contributed by atoms with E-state index in [9.17, 15) is 4.39 Å². The normalized spacial score (nSPS) is 12.3. The molecule has 1 unspecified atom stereocenters. The molecule has 1 aromatic rings. The zero-order chi connectivity index (χ0) is 12.8. The molecule has 0 saturated heterocycles. The average Bonchev–Trinajstić information content (AvgIpc) is 2.36. The molecular weight excluding hydrogens is 223 g/mol. The highest BCUT2D eigenvalue weighted by Gasteiger charge is 2.15. The maximum Gasteiger partial charge on any atom is 0.224 e. The van der Waals surface area contributed by atoms with Gasteiger partial charge in [-0.25, -0.2) is 9.37 Å². The number of anilines is 2. The van der Waals surface area contributed by atoms with E-state index in [-0.39, 0.29) is 18.5 Å². The fourth-order valence-corrected chi connectivity index (χ4v) is 1.26. The Morgan fingerprint density at radius 1 is 1.59 bits per heavy atom. The smallest absolute Gasteiger partial charge is 0.224 e. The summed E-state index contributed by atoms with van der Waals surface area (Å²) in [6.07, 6.45) is 2.08. The van der Waals surface area contributed by atoms with Gasteiger partial charge < -0.3 is 15.3 Å². The highest BCUT2D eigenvalue weighted by Crippen LogP contribution is 2.17. The molecule has 0 aliphatic rings. The van der Waals surface area contributed by atoms with Gasteiger partial charge in [-0.2, -0.15) is 4.98 Å². The summed E-state index contributed by atoms with van der Waals surface area (Å²) in [4.78, 5) is 9.55. The molecule has 96 valence electrons. The molecule has 0 spiro atoms. The molecule has 1 aromatic heterocycles. The number of nitrogens with zero attached hydrogens (tertiary/aromatic N) is 3. The van der Waals surface area contributed by atoms with E-state index in [4.69, 9.17) is 5.11 Å². The van der Waals surface area contributed by atoms with Crippen molar-refractivity contribution >= 4 is 11.8 Å². The highest BCUT2D eigenvalue weighted by molar-refractivity contribution is 5.44. The van der Waals surface area contributed by atoms with Gasteiger partial charge in [0.15, 0.2) is 11.6 Å². The van der Waals surface area contributed by atoms with Gasteiger partial charge in [0, 0.05) is 13.6 Å². The number of rotatable bonds is 6. The van der Waals surface area contributed by atoms with Gasteiger partial charge in [0.25, 0.3) is 0 Å². The predicted molar refractivity (Wildman–Crippen MR) is 65.7 cm³/mol. The summed E-state index contributed by atoms with van der Waals surface area (Å²) in [5, 5.41) is 12.0. The second-order valence-corrected chi connectivity index (χ2v) is 3.93. The lowest BCUT2D eigenvalue weighted by atomic mass is 10.3. The maximum atomic E-state index is 13.6. The first-order chi connectivity index (χ1) is 8.10. The number of aromatic nitrogens is 2. The van der Waals surface area contributed by atoms with Crippen molar-refractivity contribution in [2.24, 2.45) is 0 Å². The van der Waals surface area contributed by atoms with Crippen molar-refractivity contribution in [2.75, 3.05) is 30.4 Å². The second-order valence-electron chi connectivity index (χ2n) is 3.93. The standard InChI is InChI=1S/C11H19FN4O/c1-4-5-13-11-14-6-9(12)10(15-11)16(3)8(2)7-17/h6,8,17H,4-5,7H2,1-3H3,(H,13,14,15). The van der Waals surface area contributed by atoms with Gasteiger partial charge in [0.05, 0.1) is 18.8 Å². The first kappa shape index (κ1) is 13.6. The summed E-state index contributed by atoms with van der Waals surface area (Å²) in [7, 11) is 1.69. The summed E-state index contributed by atoms with van der Waals surface area (Å²) < 4.78 is 13.6. The zero-order valence-corrected chi connectivity index (χ0v) is 10.4. The predicted octanol–water partition coefficient (Wildman–Crippen LogP) is 1.25. The first-order valence-corrected chi connectivity index (χ1v) is 5.70. The molecule has 1 atom stereocenters. The number of hydrogen-bond acceptors (Lipinski definition) is 5. The quantitative estimate of drug-likeness (QED) is 0.786. The molecule has 1 rings (SSSR count). The molecule has 17 heavy (non-hydrogen) atoms. The molecule has 0 aliphatic carbocycles. The van der Waals surface area contributed by atoms with Gasteiger partial charge in [0.2, 0.25) is 5.95 Å². The van der Waals surface area contributed by atoms with Crippen molar-refractivity contribution in [2.45, 2.75) is 26.3 Å². The molecule has 1 heterocycles. The van der Waals surface area contributed by atoms with Crippen LogP contribution >= 0.6 is 0 Å². The molecule has 0 bridgehead atoms. The molecule has 2 N–H and O–H groups in total. The van der Waals surface area contributed by atoms with Gasteiger partial charge in [-0.3, -0.25) is 0 Å². The van der Waals surface area contributed by atoms with E-state index < -0.39 is 5.82 Å². The van der Waals surface area contributed by atoms with Crippen LogP contribution in [0, 0.1) is 5.82 Å². The van der Waals surface area contributed by atoms with Crippen molar-refractivity contribution < 1.29 is 9.50 Å². The van der Waals surface area contributed by atoms with E-state index >= 15 is 0 Å². The fraction of sp³-hybridized carbons (Fsp3) is 0.636. The van der Waals surface area contributed by atoms with Crippen LogP contribution in [-0.2, 0) is 0 Å². The van der Waals surface area contributed by atoms with E-state index in [1.807, 2.05) is 6.92 Å². The maximum absolute atomic E-state index is 13.6. The Kier molecular flexibility index (Phi) is 5.09. The zero-order valence-electron chi connectivity index (χ0n) is 10.4. The average molecular weight is 242 g/mol. The number of nitrogens with one attached hydrogen (secondary N) is 1. The number of likely N-dealkylation sites (N-methyl/N-ethyl adjacent to an activating group) is 1. The Hall–Kier alpha value is -1.43. The minimum absolute atomic E-state index is 0.0579. The minimum Gasteiger partial charge on any atom is -0.394 e. The Balaban J connectivity index is 2.89. The van der Waals surface area contributed by atoms with Crippen LogP contribution in [0.4, 0.5) is 16.2 Å². The van der Waals surface area contributed by atoms with Crippen LogP contribution < -0.4 is 10.2 Å². The summed E-state index contributed by atoms with van der Waals surface area (Å²) in [5.74, 6) is 0.107. The Labute approximate surface area is 101 Å². The number of aliphatic hydroxyl groups excluding tert-OH is 1. The van der Waals surface area contributed by atoms with E-state index in [2.05, 4.69) is 15.3 Å². The third-order valence-corrected chi connectivity index (χ3v) is 2.52. The molecule has 0 amide bonds. The second kappa shape index (κ2) is 6.34. The van der Waals surface area contributed by atoms with Crippen LogP contribution in [0.5, 0.6) is 0 Å². The van der Waals surface area contributed by atoms with Crippen molar-refractivity contribution in [3.63, 3.8) is 0 Å². The van der Waals surface area contributed by atoms with Crippen molar-refractivity contribution in [3.8, 4) is 0 Å². The van der Waals surface area contributed by atoms with Gasteiger partial charge in [-0.05, 0) is 13.3 Å². The number of aliphatic hydroxyl groups is 1. The van der Waals surface area contributed by atoms with Gasteiger partial charge in [0.1, 0.15) is 0 Å². The minimum atomic E-state index is -0.491. The van der Waals surface area contributed by atoms with Crippen LogP contribution in [0.1, 0.15) is 20.3 Å². The van der Waals surface area contributed by atoms with Crippen molar-refractivity contribution in [1.29, 1.82) is 0 Å². The third kappa shape index (κ3) is 3.52. The topological polar surface area (TPSA) is 61.3 Å². The van der Waals surface area contributed by atoms with Crippen LogP contribution in [0.15, 0.2) is 6.20 Å². The van der Waals surface area contributed by atoms with Crippen molar-refractivity contribution in [3.05, 3.63) is 12.0 Å². The third-order valence-electron chi connectivity index (χ3n) is 2.52. The Morgan fingerprint density at radius 3 is 2.88 bits per heavy atom. The SMILES string of the molecule is CCCNc1ncc(F)c(N(C)C(C)CO)n1. The lowest BCUT2D eigenvalue weighted by molar-refractivity contribution is 0.269. The Bertz CT molecular complexity index is 361. The van der Waals surface area contributed by atoms with E-state index in [1.165, 1.54) is 0 Å². The number of halogens is 1. The van der Waals surface area contributed by atoms with Crippen LogP contribution in [0.2, 0.25) is 0 Å². The van der Waals surface area contributed by atoms with E-state index in [0.29, 0.717) is 5.95 Å². The molecule has 5 nitrogen and oxygen atoms in total. The highest BCUT2D eigenvalue weighted by atomic mass is 19.1. The number of hydrogen-bond donors (Lipinski definition) is 2. The molecule has 0 saturated carbocycles. The van der Waals surface area contributed by atoms with Crippen LogP contribution in [-0.4, -0.2) is 41.3 Å². The molecule has 0 radical (unpaired) electrons. The Morgan fingerprint density at radius 2 is 2.29 bits per heavy atom. The lowest BCUT2D eigenvalue weighted by Crippen LogP contribution is -2.33. The molecule has 0 aliphatic heterocycles.